The van der Waals surface area contributed by atoms with E-state index >= 15 is 0 Å². The van der Waals surface area contributed by atoms with Crippen molar-refractivity contribution < 1.29 is 14.2 Å². The number of rotatable bonds is 6. The van der Waals surface area contributed by atoms with Gasteiger partial charge in [-0.05, 0) is 61.8 Å². The van der Waals surface area contributed by atoms with Gasteiger partial charge < -0.3 is 19.9 Å². The number of fused-ring (bicyclic) bond motifs is 2. The fourth-order valence-corrected chi connectivity index (χ4v) is 5.07. The van der Waals surface area contributed by atoms with Crippen LogP contribution < -0.4 is 10.5 Å². The Bertz CT molecular complexity index is 965. The second-order valence-electron chi connectivity index (χ2n) is 8.96. The first kappa shape index (κ1) is 20.6. The zero-order valence-electron chi connectivity index (χ0n) is 17.4. The molecule has 4 unspecified atom stereocenters. The minimum Gasteiger partial charge on any atom is -0.490 e. The highest BCUT2D eigenvalue weighted by Crippen LogP contribution is 2.47. The Hall–Kier alpha value is -2.31. The summed E-state index contributed by atoms with van der Waals surface area (Å²) >= 11 is 6.16. The van der Waals surface area contributed by atoms with E-state index in [2.05, 4.69) is 11.1 Å². The molecule has 5 rings (SSSR count). The monoisotopic (exact) mass is 441 g/mol. The second kappa shape index (κ2) is 8.67. The number of aromatic nitrogens is 1. The molecule has 3 N–H and O–H groups in total. The van der Waals surface area contributed by atoms with E-state index in [1.165, 1.54) is 12.8 Å². The molecule has 3 aliphatic rings. The zero-order valence-corrected chi connectivity index (χ0v) is 18.2. The Morgan fingerprint density at radius 1 is 1.13 bits per heavy atom. The van der Waals surface area contributed by atoms with Crippen LogP contribution in [0.4, 0.5) is 0 Å². The first-order valence-corrected chi connectivity index (χ1v) is 11.4. The van der Waals surface area contributed by atoms with E-state index in [4.69, 9.17) is 37.0 Å². The van der Waals surface area contributed by atoms with Gasteiger partial charge in [-0.2, -0.15) is 0 Å². The maximum absolute atomic E-state index is 7.57. The Morgan fingerprint density at radius 3 is 2.77 bits per heavy atom. The van der Waals surface area contributed by atoms with Crippen LogP contribution in [0.3, 0.4) is 0 Å². The van der Waals surface area contributed by atoms with E-state index in [-0.39, 0.29) is 30.1 Å². The number of halogens is 1. The van der Waals surface area contributed by atoms with Crippen molar-refractivity contribution in [3.8, 4) is 16.9 Å². The van der Waals surface area contributed by atoms with E-state index in [9.17, 15) is 0 Å². The van der Waals surface area contributed by atoms with Gasteiger partial charge in [-0.25, -0.2) is 0 Å². The number of nitrogens with two attached hydrogens (primary N) is 1. The lowest BCUT2D eigenvalue weighted by Crippen LogP contribution is -2.44. The molecule has 31 heavy (non-hydrogen) atoms. The lowest BCUT2D eigenvalue weighted by molar-refractivity contribution is -0.0475. The molecule has 164 valence electrons. The van der Waals surface area contributed by atoms with Crippen LogP contribution in [0.5, 0.6) is 5.75 Å². The largest absolute Gasteiger partial charge is 0.490 e. The average molecular weight is 442 g/mol. The maximum Gasteiger partial charge on any atom is 0.279 e. The van der Waals surface area contributed by atoms with Gasteiger partial charge >= 0.3 is 0 Å². The molecule has 1 aromatic carbocycles. The van der Waals surface area contributed by atoms with E-state index < -0.39 is 0 Å². The molecular formula is C24H28ClN3O3. The number of hydrogen-bond donors (Lipinski definition) is 2. The molecule has 2 heterocycles. The summed E-state index contributed by atoms with van der Waals surface area (Å²) in [6.07, 6.45) is 9.35. The molecule has 0 bridgehead atoms. The molecule has 7 heteroatoms. The van der Waals surface area contributed by atoms with E-state index in [0.717, 1.165) is 54.2 Å². The molecule has 0 spiro atoms. The van der Waals surface area contributed by atoms with E-state index in [1.807, 2.05) is 24.4 Å². The Labute approximate surface area is 187 Å². The molecular weight excluding hydrogens is 414 g/mol. The van der Waals surface area contributed by atoms with Crippen LogP contribution in [0.2, 0.25) is 5.02 Å². The van der Waals surface area contributed by atoms with Crippen molar-refractivity contribution in [3.05, 3.63) is 47.2 Å². The standard InChI is InChI=1S/C24H28ClN3O3/c25-17-7-16(10-28-11-17)15-3-5-22-19(8-15)21(13-30-24(26)27)20-9-18(4-6-23(20)31-22)29-12-14-1-2-14/h3,5,7-8,10-11,14,18,20-21,23H,1-2,4,6,9,12-13H2,(H3,26,27). The van der Waals surface area contributed by atoms with E-state index in [0.29, 0.717) is 11.6 Å². The Balaban J connectivity index is 1.43. The summed E-state index contributed by atoms with van der Waals surface area (Å²) in [5.74, 6) is 1.98. The lowest BCUT2D eigenvalue weighted by Gasteiger charge is -2.44. The molecule has 0 saturated heterocycles. The van der Waals surface area contributed by atoms with Gasteiger partial charge in [0.25, 0.3) is 6.02 Å². The summed E-state index contributed by atoms with van der Waals surface area (Å²) in [6.45, 7) is 1.24. The number of benzene rings is 1. The molecule has 0 radical (unpaired) electrons. The second-order valence-corrected chi connectivity index (χ2v) is 9.39. The van der Waals surface area contributed by atoms with Gasteiger partial charge in [-0.3, -0.25) is 10.4 Å². The quantitative estimate of drug-likeness (QED) is 0.498. The molecule has 2 aliphatic carbocycles. The Kier molecular flexibility index (Phi) is 5.76. The number of pyridine rings is 1. The highest BCUT2D eigenvalue weighted by atomic mass is 35.5. The van der Waals surface area contributed by atoms with Crippen LogP contribution in [0.15, 0.2) is 36.7 Å². The number of nitrogens with zero attached hydrogens (tertiary/aromatic N) is 1. The normalized spacial score (nSPS) is 27.0. The fourth-order valence-electron chi connectivity index (χ4n) is 4.90. The predicted octanol–water partition coefficient (Wildman–Crippen LogP) is 4.75. The molecule has 6 nitrogen and oxygen atoms in total. The van der Waals surface area contributed by atoms with Crippen molar-refractivity contribution in [1.29, 1.82) is 5.41 Å². The van der Waals surface area contributed by atoms with Gasteiger partial charge in [0, 0.05) is 42.0 Å². The minimum atomic E-state index is -0.253. The number of nitrogens with one attached hydrogen (secondary N) is 1. The molecule has 2 aromatic rings. The summed E-state index contributed by atoms with van der Waals surface area (Å²) in [6, 6.07) is 7.86. The van der Waals surface area contributed by atoms with Crippen molar-refractivity contribution in [3.63, 3.8) is 0 Å². The van der Waals surface area contributed by atoms with Crippen LogP contribution in [-0.4, -0.2) is 36.4 Å². The predicted molar refractivity (Wildman–Crippen MR) is 120 cm³/mol. The average Bonchev–Trinajstić information content (AvgIpc) is 3.59. The van der Waals surface area contributed by atoms with Crippen LogP contribution in [0.1, 0.15) is 43.6 Å². The van der Waals surface area contributed by atoms with Crippen molar-refractivity contribution >= 4 is 17.6 Å². The van der Waals surface area contributed by atoms with Crippen molar-refractivity contribution in [1.82, 2.24) is 4.98 Å². The topological polar surface area (TPSA) is 90.5 Å². The van der Waals surface area contributed by atoms with Crippen LogP contribution >= 0.6 is 11.6 Å². The summed E-state index contributed by atoms with van der Waals surface area (Å²) in [7, 11) is 0. The fraction of sp³-hybridized carbons (Fsp3) is 0.500. The summed E-state index contributed by atoms with van der Waals surface area (Å²) in [5, 5.41) is 8.17. The van der Waals surface area contributed by atoms with Gasteiger partial charge in [0.1, 0.15) is 11.9 Å². The molecule has 1 aliphatic heterocycles. The third kappa shape index (κ3) is 4.65. The molecule has 4 atom stereocenters. The highest BCUT2D eigenvalue weighted by Gasteiger charge is 2.43. The van der Waals surface area contributed by atoms with Gasteiger partial charge in [0.15, 0.2) is 0 Å². The number of ether oxygens (including phenoxy) is 3. The summed E-state index contributed by atoms with van der Waals surface area (Å²) < 4.78 is 18.2. The van der Waals surface area contributed by atoms with E-state index in [1.54, 1.807) is 6.20 Å². The highest BCUT2D eigenvalue weighted by molar-refractivity contribution is 6.30. The molecule has 0 amide bonds. The molecule has 1 aromatic heterocycles. The number of amidine groups is 1. The molecule has 2 saturated carbocycles. The first-order valence-electron chi connectivity index (χ1n) is 11.1. The first-order chi connectivity index (χ1) is 15.1. The minimum absolute atomic E-state index is 0.0806. The van der Waals surface area contributed by atoms with Gasteiger partial charge in [0.05, 0.1) is 17.7 Å². The van der Waals surface area contributed by atoms with Crippen LogP contribution in [0, 0.1) is 17.2 Å². The Morgan fingerprint density at radius 2 is 2.00 bits per heavy atom. The third-order valence-corrected chi connectivity index (χ3v) is 6.92. The van der Waals surface area contributed by atoms with Crippen LogP contribution in [-0.2, 0) is 9.47 Å². The zero-order chi connectivity index (χ0) is 21.4. The van der Waals surface area contributed by atoms with Gasteiger partial charge in [-0.1, -0.05) is 17.7 Å². The lowest BCUT2D eigenvalue weighted by atomic mass is 9.72. The maximum atomic E-state index is 7.57. The van der Waals surface area contributed by atoms with Crippen molar-refractivity contribution in [2.75, 3.05) is 13.2 Å². The molecule has 2 fully saturated rings. The number of hydrogen-bond acceptors (Lipinski definition) is 5. The van der Waals surface area contributed by atoms with Crippen LogP contribution in [0.25, 0.3) is 11.1 Å². The van der Waals surface area contributed by atoms with Gasteiger partial charge in [-0.15, -0.1) is 0 Å². The smallest absolute Gasteiger partial charge is 0.279 e. The summed E-state index contributed by atoms with van der Waals surface area (Å²) in [4.78, 5) is 4.22. The van der Waals surface area contributed by atoms with Crippen molar-refractivity contribution in [2.24, 2.45) is 17.6 Å². The third-order valence-electron chi connectivity index (χ3n) is 6.71. The summed E-state index contributed by atoms with van der Waals surface area (Å²) in [5.41, 5.74) is 8.60. The van der Waals surface area contributed by atoms with Crippen molar-refractivity contribution in [2.45, 2.75) is 50.2 Å². The van der Waals surface area contributed by atoms with Gasteiger partial charge in [0.2, 0.25) is 0 Å². The SMILES string of the molecule is N=C(N)OCC1c2cc(-c3cncc(Cl)c3)ccc2OC2CCC(OCC3CC3)CC21.